The number of carboxylic acids is 1. The van der Waals surface area contributed by atoms with E-state index in [1.54, 1.807) is 0 Å². The Balaban J connectivity index is 1.66. The van der Waals surface area contributed by atoms with Crippen molar-refractivity contribution in [2.24, 2.45) is 5.41 Å². The predicted octanol–water partition coefficient (Wildman–Crippen LogP) is 3.71. The van der Waals surface area contributed by atoms with Crippen molar-refractivity contribution in [3.63, 3.8) is 0 Å². The lowest BCUT2D eigenvalue weighted by Crippen LogP contribution is -2.76. The fraction of sp³-hybridized carbons (Fsp3) is 0.429. The Labute approximate surface area is 163 Å². The highest BCUT2D eigenvalue weighted by atomic mass is 32.2. The molecule has 0 radical (unpaired) electrons. The zero-order valence-corrected chi connectivity index (χ0v) is 16.6. The third-order valence-electron chi connectivity index (χ3n) is 5.57. The van der Waals surface area contributed by atoms with Gasteiger partial charge in [0.25, 0.3) is 0 Å². The van der Waals surface area contributed by atoms with Crippen LogP contribution in [-0.4, -0.2) is 41.0 Å². The fourth-order valence-corrected chi connectivity index (χ4v) is 4.46. The van der Waals surface area contributed by atoms with Gasteiger partial charge in [0.05, 0.1) is 11.9 Å². The SMILES string of the molecule is CCOC1CC(NC(=O)CSc2ccc3ccccc3c2)(C(=O)O)C1(C)C. The van der Waals surface area contributed by atoms with Crippen molar-refractivity contribution in [2.75, 3.05) is 12.4 Å². The molecule has 0 saturated heterocycles. The van der Waals surface area contributed by atoms with Gasteiger partial charge in [0.15, 0.2) is 0 Å². The maximum Gasteiger partial charge on any atom is 0.330 e. The van der Waals surface area contributed by atoms with Crippen LogP contribution in [0.4, 0.5) is 0 Å². The van der Waals surface area contributed by atoms with E-state index < -0.39 is 16.9 Å². The second kappa shape index (κ2) is 7.52. The lowest BCUT2D eigenvalue weighted by molar-refractivity contribution is -0.194. The van der Waals surface area contributed by atoms with Gasteiger partial charge in [-0.2, -0.15) is 0 Å². The Kier molecular flexibility index (Phi) is 5.49. The van der Waals surface area contributed by atoms with Gasteiger partial charge in [-0.3, -0.25) is 4.79 Å². The number of carbonyl (C=O) groups excluding carboxylic acids is 1. The summed E-state index contributed by atoms with van der Waals surface area (Å²) in [5, 5.41) is 14.8. The maximum absolute atomic E-state index is 12.5. The van der Waals surface area contributed by atoms with Crippen LogP contribution in [0, 0.1) is 5.41 Å². The van der Waals surface area contributed by atoms with E-state index >= 15 is 0 Å². The summed E-state index contributed by atoms with van der Waals surface area (Å²) in [4.78, 5) is 25.4. The van der Waals surface area contributed by atoms with Crippen LogP contribution in [0.25, 0.3) is 10.8 Å². The highest BCUT2D eigenvalue weighted by Crippen LogP contribution is 2.51. The molecule has 6 heteroatoms. The van der Waals surface area contributed by atoms with Crippen LogP contribution in [0.2, 0.25) is 0 Å². The predicted molar refractivity (Wildman–Crippen MR) is 107 cm³/mol. The molecule has 27 heavy (non-hydrogen) atoms. The summed E-state index contributed by atoms with van der Waals surface area (Å²) >= 11 is 1.41. The number of hydrogen-bond donors (Lipinski definition) is 2. The van der Waals surface area contributed by atoms with Gasteiger partial charge in [-0.05, 0) is 29.8 Å². The first-order chi connectivity index (χ1) is 12.8. The van der Waals surface area contributed by atoms with E-state index in [0.29, 0.717) is 6.61 Å². The van der Waals surface area contributed by atoms with Crippen molar-refractivity contribution in [3.05, 3.63) is 42.5 Å². The van der Waals surface area contributed by atoms with Gasteiger partial charge in [-0.1, -0.05) is 44.2 Å². The number of carbonyl (C=O) groups is 2. The molecule has 2 unspecified atom stereocenters. The number of carboxylic acid groups (broad SMARTS) is 1. The second-order valence-electron chi connectivity index (χ2n) is 7.43. The Bertz CT molecular complexity index is 866. The smallest absolute Gasteiger partial charge is 0.330 e. The van der Waals surface area contributed by atoms with E-state index in [-0.39, 0.29) is 24.2 Å². The van der Waals surface area contributed by atoms with Crippen LogP contribution in [0.1, 0.15) is 27.2 Å². The quantitative estimate of drug-likeness (QED) is 0.709. The molecule has 1 aliphatic carbocycles. The van der Waals surface area contributed by atoms with Gasteiger partial charge in [-0.25, -0.2) is 4.79 Å². The summed E-state index contributed by atoms with van der Waals surface area (Å²) in [6.07, 6.45) is 0.113. The molecule has 144 valence electrons. The molecule has 2 N–H and O–H groups in total. The minimum atomic E-state index is -1.28. The van der Waals surface area contributed by atoms with Crippen LogP contribution in [0.15, 0.2) is 47.4 Å². The van der Waals surface area contributed by atoms with Crippen molar-refractivity contribution in [2.45, 2.75) is 43.7 Å². The van der Waals surface area contributed by atoms with Crippen LogP contribution in [0.3, 0.4) is 0 Å². The molecule has 2 aromatic rings. The van der Waals surface area contributed by atoms with Gasteiger partial charge in [0, 0.05) is 23.3 Å². The summed E-state index contributed by atoms with van der Waals surface area (Å²) in [5.74, 6) is -1.12. The molecule has 1 aliphatic rings. The van der Waals surface area contributed by atoms with Crippen molar-refractivity contribution in [1.29, 1.82) is 0 Å². The number of amides is 1. The zero-order chi connectivity index (χ0) is 19.7. The summed E-state index contributed by atoms with van der Waals surface area (Å²) < 4.78 is 5.63. The van der Waals surface area contributed by atoms with Crippen molar-refractivity contribution in [3.8, 4) is 0 Å². The molecule has 3 rings (SSSR count). The van der Waals surface area contributed by atoms with E-state index in [0.717, 1.165) is 15.7 Å². The molecule has 0 spiro atoms. The van der Waals surface area contributed by atoms with Crippen molar-refractivity contribution >= 4 is 34.4 Å². The van der Waals surface area contributed by atoms with E-state index in [1.807, 2.05) is 63.2 Å². The third kappa shape index (κ3) is 3.56. The van der Waals surface area contributed by atoms with Gasteiger partial charge < -0.3 is 15.2 Å². The fourth-order valence-electron chi connectivity index (χ4n) is 3.72. The monoisotopic (exact) mass is 387 g/mol. The first-order valence-corrected chi connectivity index (χ1v) is 10.1. The van der Waals surface area contributed by atoms with Gasteiger partial charge in [-0.15, -0.1) is 11.8 Å². The normalized spacial score (nSPS) is 23.6. The number of thioether (sulfide) groups is 1. The van der Waals surface area contributed by atoms with E-state index in [9.17, 15) is 14.7 Å². The molecule has 0 aromatic heterocycles. The van der Waals surface area contributed by atoms with Crippen LogP contribution >= 0.6 is 11.8 Å². The van der Waals surface area contributed by atoms with E-state index in [4.69, 9.17) is 4.74 Å². The highest BCUT2D eigenvalue weighted by Gasteiger charge is 2.66. The first-order valence-electron chi connectivity index (χ1n) is 9.08. The number of nitrogens with one attached hydrogen (secondary N) is 1. The summed E-state index contributed by atoms with van der Waals surface area (Å²) in [7, 11) is 0. The number of fused-ring (bicyclic) bond motifs is 1. The molecule has 2 atom stereocenters. The molecule has 1 saturated carbocycles. The Morgan fingerprint density at radius 3 is 2.56 bits per heavy atom. The topological polar surface area (TPSA) is 75.6 Å². The Morgan fingerprint density at radius 1 is 1.22 bits per heavy atom. The van der Waals surface area contributed by atoms with E-state index in [2.05, 4.69) is 5.32 Å². The van der Waals surface area contributed by atoms with Gasteiger partial charge >= 0.3 is 5.97 Å². The number of ether oxygens (including phenoxy) is 1. The van der Waals surface area contributed by atoms with Gasteiger partial charge in [0.1, 0.15) is 5.54 Å². The maximum atomic E-state index is 12.5. The number of aliphatic carboxylic acids is 1. The molecular formula is C21H25NO4S. The molecule has 1 fully saturated rings. The van der Waals surface area contributed by atoms with Crippen molar-refractivity contribution < 1.29 is 19.4 Å². The van der Waals surface area contributed by atoms with Crippen LogP contribution < -0.4 is 5.32 Å². The standard InChI is InChI=1S/C21H25NO4S/c1-4-26-17-12-21(19(24)25,20(17,2)3)22-18(23)13-27-16-10-9-14-7-5-6-8-15(14)11-16/h5-11,17H,4,12-13H2,1-3H3,(H,22,23)(H,24,25). The molecule has 5 nitrogen and oxygen atoms in total. The molecule has 0 heterocycles. The Morgan fingerprint density at radius 2 is 1.93 bits per heavy atom. The summed E-state index contributed by atoms with van der Waals surface area (Å²) in [6, 6.07) is 14.1. The minimum absolute atomic E-state index is 0.169. The summed E-state index contributed by atoms with van der Waals surface area (Å²) in [5.41, 5.74) is -1.95. The van der Waals surface area contributed by atoms with Crippen LogP contribution in [0.5, 0.6) is 0 Å². The first kappa shape index (κ1) is 19.7. The average molecular weight is 388 g/mol. The minimum Gasteiger partial charge on any atom is -0.479 e. The highest BCUT2D eigenvalue weighted by molar-refractivity contribution is 8.00. The largest absolute Gasteiger partial charge is 0.479 e. The lowest BCUT2D eigenvalue weighted by Gasteiger charge is -2.58. The molecule has 0 aliphatic heterocycles. The summed E-state index contributed by atoms with van der Waals surface area (Å²) in [6.45, 7) is 6.08. The van der Waals surface area contributed by atoms with E-state index in [1.165, 1.54) is 11.8 Å². The van der Waals surface area contributed by atoms with Crippen LogP contribution in [-0.2, 0) is 14.3 Å². The number of hydrogen-bond acceptors (Lipinski definition) is 4. The zero-order valence-electron chi connectivity index (χ0n) is 15.8. The van der Waals surface area contributed by atoms with Gasteiger partial charge in [0.2, 0.25) is 5.91 Å². The number of rotatable bonds is 7. The molecule has 0 bridgehead atoms. The second-order valence-corrected chi connectivity index (χ2v) is 8.47. The third-order valence-corrected chi connectivity index (χ3v) is 6.57. The molecule has 2 aromatic carbocycles. The molecule has 1 amide bonds. The molecular weight excluding hydrogens is 362 g/mol. The average Bonchev–Trinajstić information content (AvgIpc) is 2.64. The number of benzene rings is 2. The lowest BCUT2D eigenvalue weighted by atomic mass is 9.54. The Hall–Kier alpha value is -2.05. The van der Waals surface area contributed by atoms with Crippen molar-refractivity contribution in [1.82, 2.24) is 5.32 Å².